The van der Waals surface area contributed by atoms with Crippen LogP contribution in [0, 0.1) is 11.3 Å². The molecule has 170 valence electrons. The second-order valence-electron chi connectivity index (χ2n) is 7.33. The molecular formula is C25H24ClN3O3S. The van der Waals surface area contributed by atoms with Crippen molar-refractivity contribution in [2.45, 2.75) is 26.7 Å². The second-order valence-corrected chi connectivity index (χ2v) is 8.75. The molecule has 8 heteroatoms. The van der Waals surface area contributed by atoms with Crippen molar-refractivity contribution in [2.75, 3.05) is 17.7 Å². The van der Waals surface area contributed by atoms with E-state index in [0.717, 1.165) is 5.56 Å². The number of rotatable bonds is 8. The molecular weight excluding hydrogens is 458 g/mol. The number of carbonyl (C=O) groups excluding carboxylic acids is 2. The second kappa shape index (κ2) is 11.1. The first-order valence-electron chi connectivity index (χ1n) is 10.4. The van der Waals surface area contributed by atoms with E-state index in [9.17, 15) is 14.9 Å². The molecule has 1 unspecified atom stereocenters. The number of ketones is 1. The number of carbonyl (C=O) groups is 2. The lowest BCUT2D eigenvalue weighted by Gasteiger charge is -2.29. The monoisotopic (exact) mass is 481 g/mol. The van der Waals surface area contributed by atoms with Crippen LogP contribution < -0.4 is 15.4 Å². The van der Waals surface area contributed by atoms with E-state index in [1.807, 2.05) is 31.2 Å². The van der Waals surface area contributed by atoms with Gasteiger partial charge in [0.1, 0.15) is 5.75 Å². The highest BCUT2D eigenvalue weighted by atomic mass is 35.5. The number of para-hydroxylation sites is 2. The lowest BCUT2D eigenvalue weighted by molar-refractivity contribution is -0.114. The first kappa shape index (κ1) is 24.4. The summed E-state index contributed by atoms with van der Waals surface area (Å²) in [6.07, 6.45) is 0. The number of benzene rings is 2. The molecule has 2 N–H and O–H groups in total. The van der Waals surface area contributed by atoms with Gasteiger partial charge in [-0.25, -0.2) is 0 Å². The molecule has 1 aliphatic heterocycles. The van der Waals surface area contributed by atoms with Crippen LogP contribution >= 0.6 is 23.4 Å². The fourth-order valence-corrected chi connectivity index (χ4v) is 4.68. The largest absolute Gasteiger partial charge is 0.492 e. The summed E-state index contributed by atoms with van der Waals surface area (Å²) >= 11 is 7.25. The minimum absolute atomic E-state index is 0.0734. The van der Waals surface area contributed by atoms with E-state index in [1.165, 1.54) is 18.7 Å². The van der Waals surface area contributed by atoms with Crippen molar-refractivity contribution >= 4 is 40.7 Å². The lowest BCUT2D eigenvalue weighted by Crippen LogP contribution is -2.27. The number of Topliss-reactive ketones (excluding diaryl/α,β-unsaturated/α-hetero) is 1. The van der Waals surface area contributed by atoms with E-state index in [2.05, 4.69) is 16.7 Å². The number of nitrogens with one attached hydrogen (secondary N) is 2. The molecule has 1 heterocycles. The van der Waals surface area contributed by atoms with Gasteiger partial charge in [-0.1, -0.05) is 47.6 Å². The quantitative estimate of drug-likeness (QED) is 0.524. The zero-order valence-corrected chi connectivity index (χ0v) is 20.1. The average molecular weight is 482 g/mol. The molecule has 0 aliphatic carbocycles. The highest BCUT2D eigenvalue weighted by molar-refractivity contribution is 8.03. The Morgan fingerprint density at radius 1 is 1.21 bits per heavy atom. The predicted octanol–water partition coefficient (Wildman–Crippen LogP) is 5.40. The maximum Gasteiger partial charge on any atom is 0.234 e. The smallest absolute Gasteiger partial charge is 0.234 e. The van der Waals surface area contributed by atoms with Gasteiger partial charge in [0.15, 0.2) is 5.78 Å². The normalized spacial score (nSPS) is 15.5. The Balaban J connectivity index is 1.85. The van der Waals surface area contributed by atoms with Crippen molar-refractivity contribution in [2.24, 2.45) is 0 Å². The number of amides is 1. The Morgan fingerprint density at radius 3 is 2.55 bits per heavy atom. The number of anilines is 1. The summed E-state index contributed by atoms with van der Waals surface area (Å²) in [5.41, 5.74) is 2.94. The van der Waals surface area contributed by atoms with Crippen molar-refractivity contribution in [1.82, 2.24) is 5.32 Å². The van der Waals surface area contributed by atoms with Crippen LogP contribution in [0.3, 0.4) is 0 Å². The maximum atomic E-state index is 12.6. The van der Waals surface area contributed by atoms with Gasteiger partial charge in [0.05, 0.1) is 40.6 Å². The molecule has 1 amide bonds. The third-order valence-corrected chi connectivity index (χ3v) is 6.31. The molecule has 1 aliphatic rings. The number of ether oxygens (including phenoxy) is 1. The van der Waals surface area contributed by atoms with Crippen LogP contribution in [-0.4, -0.2) is 24.1 Å². The molecule has 3 rings (SSSR count). The van der Waals surface area contributed by atoms with Gasteiger partial charge in [0.2, 0.25) is 5.91 Å². The van der Waals surface area contributed by atoms with Gasteiger partial charge in [-0.3, -0.25) is 9.59 Å². The van der Waals surface area contributed by atoms with Gasteiger partial charge in [-0.2, -0.15) is 5.26 Å². The Kier molecular flexibility index (Phi) is 8.21. The van der Waals surface area contributed by atoms with Gasteiger partial charge in [-0.15, -0.1) is 0 Å². The van der Waals surface area contributed by atoms with E-state index in [-0.39, 0.29) is 17.4 Å². The van der Waals surface area contributed by atoms with Crippen LogP contribution in [0.5, 0.6) is 5.75 Å². The van der Waals surface area contributed by atoms with Crippen molar-refractivity contribution in [3.8, 4) is 11.8 Å². The highest BCUT2D eigenvalue weighted by Gasteiger charge is 2.33. The van der Waals surface area contributed by atoms with Crippen molar-refractivity contribution in [3.63, 3.8) is 0 Å². The zero-order chi connectivity index (χ0) is 24.0. The van der Waals surface area contributed by atoms with Crippen molar-refractivity contribution < 1.29 is 14.3 Å². The van der Waals surface area contributed by atoms with Crippen molar-refractivity contribution in [1.29, 1.82) is 5.26 Å². The minimum atomic E-state index is -0.532. The molecule has 0 aromatic heterocycles. The average Bonchev–Trinajstić information content (AvgIpc) is 2.79. The summed E-state index contributed by atoms with van der Waals surface area (Å²) in [7, 11) is 0. The lowest BCUT2D eigenvalue weighted by atomic mass is 9.81. The number of allylic oxidation sites excluding steroid dienone is 3. The standard InChI is InChI=1S/C25H24ClN3O3S/c1-4-32-21-8-6-5-7-20(21)29-22(31)14-33-25-19(13-27)24(17-9-11-18(26)12-10-17)23(16(3)30)15(2)28-25/h5-12,24,28H,4,14H2,1-3H3,(H,29,31). The Morgan fingerprint density at radius 2 is 1.91 bits per heavy atom. The van der Waals surface area contributed by atoms with Crippen LogP contribution in [0.4, 0.5) is 5.69 Å². The van der Waals surface area contributed by atoms with Crippen LogP contribution in [0.2, 0.25) is 5.02 Å². The van der Waals surface area contributed by atoms with E-state index in [1.54, 1.807) is 31.2 Å². The highest BCUT2D eigenvalue weighted by Crippen LogP contribution is 2.41. The fourth-order valence-electron chi connectivity index (χ4n) is 3.66. The van der Waals surface area contributed by atoms with Gasteiger partial charge in [-0.05, 0) is 50.6 Å². The Hall–Kier alpha value is -3.21. The topological polar surface area (TPSA) is 91.2 Å². The van der Waals surface area contributed by atoms with Gasteiger partial charge >= 0.3 is 0 Å². The molecule has 1 atom stereocenters. The van der Waals surface area contributed by atoms with Crippen LogP contribution in [-0.2, 0) is 9.59 Å². The number of hydrogen-bond donors (Lipinski definition) is 2. The Bertz CT molecular complexity index is 1170. The summed E-state index contributed by atoms with van der Waals surface area (Å²) in [6, 6.07) is 16.6. The van der Waals surface area contributed by atoms with E-state index < -0.39 is 5.92 Å². The number of halogens is 1. The number of dihydropyridines is 1. The minimum Gasteiger partial charge on any atom is -0.492 e. The maximum absolute atomic E-state index is 12.6. The SMILES string of the molecule is CCOc1ccccc1NC(=O)CSC1=C(C#N)C(c2ccc(Cl)cc2)C(C(C)=O)=C(C)N1. The van der Waals surface area contributed by atoms with Crippen molar-refractivity contribution in [3.05, 3.63) is 81.0 Å². The summed E-state index contributed by atoms with van der Waals surface area (Å²) in [5, 5.41) is 17.1. The number of nitriles is 1. The van der Waals surface area contributed by atoms with Gasteiger partial charge < -0.3 is 15.4 Å². The fraction of sp³-hybridized carbons (Fsp3) is 0.240. The number of thioether (sulfide) groups is 1. The Labute approximate surface area is 202 Å². The predicted molar refractivity (Wildman–Crippen MR) is 132 cm³/mol. The third kappa shape index (κ3) is 5.78. The molecule has 0 radical (unpaired) electrons. The summed E-state index contributed by atoms with van der Waals surface area (Å²) in [4.78, 5) is 25.1. The van der Waals surface area contributed by atoms with Gasteiger partial charge in [0, 0.05) is 16.3 Å². The summed E-state index contributed by atoms with van der Waals surface area (Å²) in [6.45, 7) is 5.65. The summed E-state index contributed by atoms with van der Waals surface area (Å²) in [5.74, 6) is -0.221. The number of hydrogen-bond acceptors (Lipinski definition) is 6. The number of nitrogens with zero attached hydrogens (tertiary/aromatic N) is 1. The molecule has 0 saturated heterocycles. The molecule has 33 heavy (non-hydrogen) atoms. The first-order chi connectivity index (χ1) is 15.8. The van der Waals surface area contributed by atoms with E-state index in [0.29, 0.717) is 44.9 Å². The van der Waals surface area contributed by atoms with Crippen LogP contribution in [0.25, 0.3) is 0 Å². The summed E-state index contributed by atoms with van der Waals surface area (Å²) < 4.78 is 5.55. The zero-order valence-electron chi connectivity index (χ0n) is 18.6. The van der Waals surface area contributed by atoms with E-state index in [4.69, 9.17) is 16.3 Å². The molecule has 0 spiro atoms. The molecule has 0 bridgehead atoms. The van der Waals surface area contributed by atoms with Gasteiger partial charge in [0.25, 0.3) is 0 Å². The first-order valence-corrected chi connectivity index (χ1v) is 11.7. The van der Waals surface area contributed by atoms with Crippen LogP contribution in [0.1, 0.15) is 32.3 Å². The molecule has 0 fully saturated rings. The molecule has 6 nitrogen and oxygen atoms in total. The third-order valence-electron chi connectivity index (χ3n) is 5.04. The molecule has 2 aromatic rings. The molecule has 0 saturated carbocycles. The molecule has 2 aromatic carbocycles. The van der Waals surface area contributed by atoms with E-state index >= 15 is 0 Å². The van der Waals surface area contributed by atoms with Crippen LogP contribution in [0.15, 0.2) is 70.4 Å².